The summed E-state index contributed by atoms with van der Waals surface area (Å²) in [5.74, 6) is 0. The number of benzene rings is 2. The van der Waals surface area contributed by atoms with Gasteiger partial charge in [0.2, 0.25) is 0 Å². The number of carbonyl (C=O) groups is 1. The normalized spacial score (nSPS) is 8.76. The van der Waals surface area contributed by atoms with Crippen molar-refractivity contribution in [3.63, 3.8) is 0 Å². The fourth-order valence-corrected chi connectivity index (χ4v) is 1.26. The van der Waals surface area contributed by atoms with Crippen molar-refractivity contribution in [2.45, 2.75) is 0 Å². The van der Waals surface area contributed by atoms with Gasteiger partial charge in [0, 0.05) is 0 Å². The lowest BCUT2D eigenvalue weighted by Gasteiger charge is -1.98. The molecule has 0 heterocycles. The Labute approximate surface area is 108 Å². The maximum atomic E-state index is 9.10. The SMILES string of the molecule is O=C(O)OBr.c1ccc(-c2ccccc2)cc1. The van der Waals surface area contributed by atoms with Gasteiger partial charge in [-0.1, -0.05) is 60.7 Å². The topological polar surface area (TPSA) is 46.5 Å². The first-order valence-electron chi connectivity index (χ1n) is 4.86. The van der Waals surface area contributed by atoms with Crippen LogP contribution in [-0.4, -0.2) is 11.3 Å². The molecule has 0 spiro atoms. The summed E-state index contributed by atoms with van der Waals surface area (Å²) < 4.78 is 3.48. The molecule has 88 valence electrons. The second kappa shape index (κ2) is 7.46. The van der Waals surface area contributed by atoms with Gasteiger partial charge in [0.1, 0.15) is 0 Å². The van der Waals surface area contributed by atoms with E-state index >= 15 is 0 Å². The fraction of sp³-hybridized carbons (Fsp3) is 0. The van der Waals surface area contributed by atoms with Gasteiger partial charge in [0.05, 0.1) is 0 Å². The number of rotatable bonds is 1. The van der Waals surface area contributed by atoms with Gasteiger partial charge in [-0.2, -0.15) is 0 Å². The highest BCUT2D eigenvalue weighted by Gasteiger charge is 1.91. The van der Waals surface area contributed by atoms with Gasteiger partial charge in [0.15, 0.2) is 16.3 Å². The van der Waals surface area contributed by atoms with Crippen LogP contribution in [0.5, 0.6) is 0 Å². The van der Waals surface area contributed by atoms with E-state index in [1.165, 1.54) is 11.1 Å². The molecule has 1 N–H and O–H groups in total. The monoisotopic (exact) mass is 294 g/mol. The van der Waals surface area contributed by atoms with Crippen molar-refractivity contribution >= 4 is 22.4 Å². The smallest absolute Gasteiger partial charge is 0.449 e. The van der Waals surface area contributed by atoms with Crippen LogP contribution < -0.4 is 0 Å². The Balaban J connectivity index is 0.000000249. The van der Waals surface area contributed by atoms with Gasteiger partial charge in [-0.15, -0.1) is 0 Å². The molecule has 0 aliphatic carbocycles. The maximum absolute atomic E-state index is 9.10. The highest BCUT2D eigenvalue weighted by molar-refractivity contribution is 9.06. The van der Waals surface area contributed by atoms with Crippen LogP contribution in [0.1, 0.15) is 0 Å². The molecule has 0 bridgehead atoms. The summed E-state index contributed by atoms with van der Waals surface area (Å²) in [6.07, 6.45) is -1.33. The number of carboxylic acid groups (broad SMARTS) is 1. The molecule has 2 aromatic rings. The van der Waals surface area contributed by atoms with Crippen molar-refractivity contribution in [2.24, 2.45) is 0 Å². The molecule has 0 saturated carbocycles. The molecule has 0 atom stereocenters. The van der Waals surface area contributed by atoms with Gasteiger partial charge in [-0.05, 0) is 11.1 Å². The van der Waals surface area contributed by atoms with Crippen LogP contribution in [-0.2, 0) is 3.83 Å². The third kappa shape index (κ3) is 5.17. The minimum atomic E-state index is -1.33. The van der Waals surface area contributed by atoms with E-state index in [1.807, 2.05) is 12.1 Å². The molecule has 2 rings (SSSR count). The van der Waals surface area contributed by atoms with E-state index in [2.05, 4.69) is 68.6 Å². The first-order chi connectivity index (χ1) is 8.24. The predicted octanol–water partition coefficient (Wildman–Crippen LogP) is 4.34. The van der Waals surface area contributed by atoms with Gasteiger partial charge < -0.3 is 8.93 Å². The summed E-state index contributed by atoms with van der Waals surface area (Å²) in [7, 11) is 0. The van der Waals surface area contributed by atoms with Crippen molar-refractivity contribution in [1.29, 1.82) is 0 Å². The molecule has 2 aromatic carbocycles. The Hall–Kier alpha value is -1.81. The third-order valence-electron chi connectivity index (χ3n) is 1.95. The highest BCUT2D eigenvalue weighted by Crippen LogP contribution is 2.17. The summed E-state index contributed by atoms with van der Waals surface area (Å²) in [5, 5.41) is 7.45. The molecule has 0 aliphatic rings. The zero-order chi connectivity index (χ0) is 12.5. The number of halogens is 1. The number of hydrogen-bond donors (Lipinski definition) is 1. The van der Waals surface area contributed by atoms with Gasteiger partial charge in [-0.3, -0.25) is 0 Å². The lowest BCUT2D eigenvalue weighted by atomic mass is 10.1. The van der Waals surface area contributed by atoms with Crippen LogP contribution in [0.15, 0.2) is 60.7 Å². The largest absolute Gasteiger partial charge is 0.517 e. The van der Waals surface area contributed by atoms with Crippen LogP contribution in [0.4, 0.5) is 4.79 Å². The first-order valence-corrected chi connectivity index (χ1v) is 5.51. The lowest BCUT2D eigenvalue weighted by Crippen LogP contribution is -1.85. The highest BCUT2D eigenvalue weighted by atomic mass is 79.9. The molecule has 0 fully saturated rings. The van der Waals surface area contributed by atoms with Gasteiger partial charge in [0.25, 0.3) is 0 Å². The van der Waals surface area contributed by atoms with E-state index in [1.54, 1.807) is 0 Å². The Morgan fingerprint density at radius 1 is 0.882 bits per heavy atom. The average Bonchev–Trinajstić information content (AvgIpc) is 2.41. The Morgan fingerprint density at radius 3 is 1.41 bits per heavy atom. The standard InChI is InChI=1S/C12H10.CHBrO3/c1-3-7-11(8-4-1)12-9-5-2-6-10-12;2-5-1(3)4/h1-10H;(H,3,4). The summed E-state index contributed by atoms with van der Waals surface area (Å²) in [4.78, 5) is 9.10. The minimum Gasteiger partial charge on any atom is -0.449 e. The maximum Gasteiger partial charge on any atom is 0.517 e. The van der Waals surface area contributed by atoms with Crippen molar-refractivity contribution in [3.8, 4) is 11.1 Å². The molecular formula is C13H11BrO3. The zero-order valence-corrected chi connectivity index (χ0v) is 10.5. The van der Waals surface area contributed by atoms with Crippen LogP contribution in [0.3, 0.4) is 0 Å². The average molecular weight is 295 g/mol. The van der Waals surface area contributed by atoms with Crippen LogP contribution in [0, 0.1) is 0 Å². The molecule has 0 aliphatic heterocycles. The molecule has 4 heteroatoms. The molecule has 17 heavy (non-hydrogen) atoms. The molecule has 0 aromatic heterocycles. The number of hydrogen-bond acceptors (Lipinski definition) is 2. The van der Waals surface area contributed by atoms with Crippen LogP contribution >= 0.6 is 16.3 Å². The third-order valence-corrected chi connectivity index (χ3v) is 2.22. The quantitative estimate of drug-likeness (QED) is 0.851. The molecule has 3 nitrogen and oxygen atoms in total. The summed E-state index contributed by atoms with van der Waals surface area (Å²) in [6.45, 7) is 0. The van der Waals surface area contributed by atoms with Crippen molar-refractivity contribution in [1.82, 2.24) is 0 Å². The van der Waals surface area contributed by atoms with E-state index < -0.39 is 6.16 Å². The molecular weight excluding hydrogens is 284 g/mol. The van der Waals surface area contributed by atoms with Crippen molar-refractivity contribution in [2.75, 3.05) is 0 Å². The lowest BCUT2D eigenvalue weighted by molar-refractivity contribution is 0.156. The van der Waals surface area contributed by atoms with Crippen LogP contribution in [0.2, 0.25) is 0 Å². The molecule has 0 radical (unpaired) electrons. The molecule has 0 unspecified atom stereocenters. The van der Waals surface area contributed by atoms with Gasteiger partial charge >= 0.3 is 6.16 Å². The second-order valence-corrected chi connectivity index (χ2v) is 3.40. The minimum absolute atomic E-state index is 1.28. The Kier molecular flexibility index (Phi) is 5.82. The van der Waals surface area contributed by atoms with E-state index in [-0.39, 0.29) is 0 Å². The molecule has 0 amide bonds. The van der Waals surface area contributed by atoms with Gasteiger partial charge in [-0.25, -0.2) is 4.79 Å². The van der Waals surface area contributed by atoms with Crippen LogP contribution in [0.25, 0.3) is 11.1 Å². The summed E-state index contributed by atoms with van der Waals surface area (Å²) in [5.41, 5.74) is 2.55. The van der Waals surface area contributed by atoms with E-state index in [0.717, 1.165) is 0 Å². The fourth-order valence-electron chi connectivity index (χ4n) is 1.26. The first kappa shape index (κ1) is 13.3. The summed E-state index contributed by atoms with van der Waals surface area (Å²) in [6, 6.07) is 20.8. The predicted molar refractivity (Wildman–Crippen MR) is 69.9 cm³/mol. The Morgan fingerprint density at radius 2 is 1.18 bits per heavy atom. The molecule has 0 saturated heterocycles. The second-order valence-electron chi connectivity index (χ2n) is 3.08. The Bertz CT molecular complexity index is 405. The van der Waals surface area contributed by atoms with E-state index in [9.17, 15) is 0 Å². The van der Waals surface area contributed by atoms with Crippen molar-refractivity contribution < 1.29 is 13.7 Å². The zero-order valence-electron chi connectivity index (χ0n) is 8.92. The van der Waals surface area contributed by atoms with E-state index in [4.69, 9.17) is 9.90 Å². The van der Waals surface area contributed by atoms with E-state index in [0.29, 0.717) is 0 Å². The van der Waals surface area contributed by atoms with Crippen molar-refractivity contribution in [3.05, 3.63) is 60.7 Å². The summed E-state index contributed by atoms with van der Waals surface area (Å²) >= 11 is 2.21.